The number of aromatic nitrogens is 5. The monoisotopic (exact) mass is 236 g/mol. The molecule has 0 bridgehead atoms. The van der Waals surface area contributed by atoms with E-state index in [2.05, 4.69) is 25.9 Å². The predicted octanol–water partition coefficient (Wildman–Crippen LogP) is -1.11. The van der Waals surface area contributed by atoms with Crippen LogP contribution < -0.4 is 10.1 Å². The maximum atomic E-state index is 5.53. The SMILES string of the molecule is c1cc2nnnn2nc1OCC1CNCCO1. The average molecular weight is 236 g/mol. The Bertz CT molecular complexity index is 495. The standard InChI is InChI=1S/C9H12N6O2/c1-2-9(12-15-8(1)11-13-14-15)17-6-7-5-10-3-4-16-7/h1-2,7,10H,3-6H2. The van der Waals surface area contributed by atoms with Gasteiger partial charge in [0.1, 0.15) is 12.7 Å². The van der Waals surface area contributed by atoms with Crippen LogP contribution >= 0.6 is 0 Å². The van der Waals surface area contributed by atoms with E-state index in [1.807, 2.05) is 0 Å². The fourth-order valence-corrected chi connectivity index (χ4v) is 1.62. The van der Waals surface area contributed by atoms with Crippen LogP contribution in [0.3, 0.4) is 0 Å². The van der Waals surface area contributed by atoms with E-state index in [0.717, 1.165) is 13.1 Å². The molecule has 1 saturated heterocycles. The highest BCUT2D eigenvalue weighted by Crippen LogP contribution is 2.07. The Hall–Kier alpha value is -1.80. The molecule has 0 saturated carbocycles. The third-order valence-corrected chi connectivity index (χ3v) is 2.47. The van der Waals surface area contributed by atoms with Crippen LogP contribution in [0.5, 0.6) is 5.88 Å². The maximum absolute atomic E-state index is 5.53. The lowest BCUT2D eigenvalue weighted by molar-refractivity contribution is -0.00102. The van der Waals surface area contributed by atoms with Crippen LogP contribution in [-0.2, 0) is 4.74 Å². The number of nitrogens with zero attached hydrogens (tertiary/aromatic N) is 5. The molecule has 1 N–H and O–H groups in total. The molecule has 8 heteroatoms. The van der Waals surface area contributed by atoms with Crippen LogP contribution in [0.4, 0.5) is 0 Å². The van der Waals surface area contributed by atoms with Crippen molar-refractivity contribution in [3.05, 3.63) is 12.1 Å². The van der Waals surface area contributed by atoms with Gasteiger partial charge in [0, 0.05) is 19.2 Å². The van der Waals surface area contributed by atoms with Crippen LogP contribution in [0.1, 0.15) is 0 Å². The third kappa shape index (κ3) is 2.32. The van der Waals surface area contributed by atoms with Crippen molar-refractivity contribution in [1.29, 1.82) is 0 Å². The van der Waals surface area contributed by atoms with Crippen molar-refractivity contribution in [2.45, 2.75) is 6.10 Å². The Morgan fingerprint density at radius 3 is 3.41 bits per heavy atom. The summed E-state index contributed by atoms with van der Waals surface area (Å²) in [5, 5.41) is 18.3. The molecule has 8 nitrogen and oxygen atoms in total. The molecule has 2 aromatic rings. The Morgan fingerprint density at radius 2 is 2.53 bits per heavy atom. The zero-order valence-corrected chi connectivity index (χ0v) is 9.11. The largest absolute Gasteiger partial charge is 0.474 e. The lowest BCUT2D eigenvalue weighted by atomic mass is 10.3. The van der Waals surface area contributed by atoms with Crippen molar-refractivity contribution in [3.63, 3.8) is 0 Å². The first-order valence-electron chi connectivity index (χ1n) is 5.42. The lowest BCUT2D eigenvalue weighted by Crippen LogP contribution is -2.41. The Kier molecular flexibility index (Phi) is 2.80. The minimum Gasteiger partial charge on any atom is -0.474 e. The van der Waals surface area contributed by atoms with Crippen molar-refractivity contribution in [1.82, 2.24) is 30.6 Å². The quantitative estimate of drug-likeness (QED) is 0.722. The first-order chi connectivity index (χ1) is 8.42. The van der Waals surface area contributed by atoms with Crippen molar-refractivity contribution in [2.75, 3.05) is 26.3 Å². The summed E-state index contributed by atoms with van der Waals surface area (Å²) in [6.07, 6.45) is 0.0649. The molecule has 2 aromatic heterocycles. The smallest absolute Gasteiger partial charge is 0.233 e. The summed E-state index contributed by atoms with van der Waals surface area (Å²) in [4.78, 5) is 0. The molecule has 0 aromatic carbocycles. The van der Waals surface area contributed by atoms with Crippen LogP contribution in [0.15, 0.2) is 12.1 Å². The van der Waals surface area contributed by atoms with Gasteiger partial charge in [0.2, 0.25) is 5.88 Å². The summed E-state index contributed by atoms with van der Waals surface area (Å²) in [6.45, 7) is 2.87. The first kappa shape index (κ1) is 10.4. The molecular formula is C9H12N6O2. The summed E-state index contributed by atoms with van der Waals surface area (Å²) >= 11 is 0. The number of morpholine rings is 1. The summed E-state index contributed by atoms with van der Waals surface area (Å²) in [7, 11) is 0. The van der Waals surface area contributed by atoms with E-state index in [4.69, 9.17) is 9.47 Å². The highest BCUT2D eigenvalue weighted by atomic mass is 16.5. The molecule has 0 radical (unpaired) electrons. The van der Waals surface area contributed by atoms with E-state index in [0.29, 0.717) is 24.7 Å². The molecule has 1 aliphatic rings. The Morgan fingerprint density at radius 1 is 1.53 bits per heavy atom. The molecule has 1 fully saturated rings. The van der Waals surface area contributed by atoms with Gasteiger partial charge in [-0.15, -0.1) is 14.8 Å². The second-order valence-corrected chi connectivity index (χ2v) is 3.71. The van der Waals surface area contributed by atoms with Gasteiger partial charge < -0.3 is 14.8 Å². The average Bonchev–Trinajstić information content (AvgIpc) is 2.85. The Balaban J connectivity index is 1.63. The maximum Gasteiger partial charge on any atom is 0.233 e. The molecule has 0 spiro atoms. The van der Waals surface area contributed by atoms with Crippen LogP contribution in [0.2, 0.25) is 0 Å². The molecule has 0 amide bonds. The second-order valence-electron chi connectivity index (χ2n) is 3.71. The Labute approximate surface area is 96.9 Å². The first-order valence-corrected chi connectivity index (χ1v) is 5.42. The molecule has 1 unspecified atom stereocenters. The van der Waals surface area contributed by atoms with E-state index < -0.39 is 0 Å². The zero-order valence-electron chi connectivity index (χ0n) is 9.11. The van der Waals surface area contributed by atoms with Crippen LogP contribution in [-0.4, -0.2) is 57.7 Å². The number of hydrogen-bond acceptors (Lipinski definition) is 7. The van der Waals surface area contributed by atoms with Crippen LogP contribution in [0, 0.1) is 0 Å². The molecule has 1 atom stereocenters. The van der Waals surface area contributed by atoms with E-state index in [1.54, 1.807) is 12.1 Å². The van der Waals surface area contributed by atoms with Gasteiger partial charge in [0.05, 0.1) is 6.61 Å². The molecule has 3 rings (SSSR count). The van der Waals surface area contributed by atoms with E-state index in [9.17, 15) is 0 Å². The van der Waals surface area contributed by atoms with Gasteiger partial charge in [-0.1, -0.05) is 0 Å². The summed E-state index contributed by atoms with van der Waals surface area (Å²) in [6, 6.07) is 3.49. The van der Waals surface area contributed by atoms with Gasteiger partial charge in [0.15, 0.2) is 5.65 Å². The number of tetrazole rings is 1. The molecule has 17 heavy (non-hydrogen) atoms. The fourth-order valence-electron chi connectivity index (χ4n) is 1.62. The van der Waals surface area contributed by atoms with Crippen molar-refractivity contribution < 1.29 is 9.47 Å². The lowest BCUT2D eigenvalue weighted by Gasteiger charge is -2.23. The van der Waals surface area contributed by atoms with Gasteiger partial charge in [-0.2, -0.15) is 0 Å². The van der Waals surface area contributed by atoms with Gasteiger partial charge >= 0.3 is 0 Å². The van der Waals surface area contributed by atoms with Gasteiger partial charge in [-0.25, -0.2) is 0 Å². The van der Waals surface area contributed by atoms with Crippen LogP contribution in [0.25, 0.3) is 5.65 Å². The molecule has 1 aliphatic heterocycles. The van der Waals surface area contributed by atoms with E-state index in [1.165, 1.54) is 4.63 Å². The molecule has 3 heterocycles. The fraction of sp³-hybridized carbons (Fsp3) is 0.556. The minimum atomic E-state index is 0.0649. The topological polar surface area (TPSA) is 86.5 Å². The molecule has 90 valence electrons. The van der Waals surface area contributed by atoms with Crippen molar-refractivity contribution >= 4 is 5.65 Å². The molecular weight excluding hydrogens is 224 g/mol. The number of nitrogens with one attached hydrogen (secondary N) is 1. The summed E-state index contributed by atoms with van der Waals surface area (Å²) in [5.74, 6) is 0.485. The zero-order chi connectivity index (χ0) is 11.5. The van der Waals surface area contributed by atoms with Gasteiger partial charge in [0.25, 0.3) is 0 Å². The highest BCUT2D eigenvalue weighted by Gasteiger charge is 2.14. The van der Waals surface area contributed by atoms with Gasteiger partial charge in [-0.3, -0.25) is 0 Å². The van der Waals surface area contributed by atoms with Gasteiger partial charge in [-0.05, 0) is 16.5 Å². The number of rotatable bonds is 3. The van der Waals surface area contributed by atoms with E-state index in [-0.39, 0.29) is 6.10 Å². The van der Waals surface area contributed by atoms with Crippen molar-refractivity contribution in [3.8, 4) is 5.88 Å². The summed E-state index contributed by atoms with van der Waals surface area (Å²) in [5.41, 5.74) is 0.591. The number of fused-ring (bicyclic) bond motifs is 1. The minimum absolute atomic E-state index is 0.0649. The normalized spacial score (nSPS) is 20.6. The third-order valence-electron chi connectivity index (χ3n) is 2.47. The number of ether oxygens (including phenoxy) is 2. The molecule has 0 aliphatic carbocycles. The predicted molar refractivity (Wildman–Crippen MR) is 56.7 cm³/mol. The van der Waals surface area contributed by atoms with Crippen molar-refractivity contribution in [2.24, 2.45) is 0 Å². The highest BCUT2D eigenvalue weighted by molar-refractivity contribution is 5.34. The van der Waals surface area contributed by atoms with E-state index >= 15 is 0 Å². The summed E-state index contributed by atoms with van der Waals surface area (Å²) < 4.78 is 12.4. The number of hydrogen-bond donors (Lipinski definition) is 1. The second kappa shape index (κ2) is 4.60.